The van der Waals surface area contributed by atoms with Gasteiger partial charge in [-0.1, -0.05) is 49.1 Å². The van der Waals surface area contributed by atoms with E-state index in [2.05, 4.69) is 27.7 Å². The summed E-state index contributed by atoms with van der Waals surface area (Å²) in [6.07, 6.45) is 8.63. The van der Waals surface area contributed by atoms with Gasteiger partial charge in [0.15, 0.2) is 0 Å². The van der Waals surface area contributed by atoms with Crippen molar-refractivity contribution in [2.75, 3.05) is 19.6 Å². The number of rotatable bonds is 5. The molecular formula is C29H32ClN3O3. The van der Waals surface area contributed by atoms with Gasteiger partial charge < -0.3 is 10.0 Å². The Labute approximate surface area is 215 Å². The monoisotopic (exact) mass is 505 g/mol. The van der Waals surface area contributed by atoms with Crippen LogP contribution in [-0.2, 0) is 10.2 Å². The number of likely N-dealkylation sites (tertiary alicyclic amines) is 1. The van der Waals surface area contributed by atoms with E-state index >= 15 is 0 Å². The van der Waals surface area contributed by atoms with Crippen LogP contribution in [0.1, 0.15) is 80.7 Å². The first kappa shape index (κ1) is 23.7. The fraction of sp³-hybridized carbons (Fsp3) is 0.483. The molecule has 36 heavy (non-hydrogen) atoms. The van der Waals surface area contributed by atoms with Crippen molar-refractivity contribution < 1.29 is 9.90 Å². The second-order valence-electron chi connectivity index (χ2n) is 10.7. The average Bonchev–Trinajstić information content (AvgIpc) is 3.13. The lowest BCUT2D eigenvalue weighted by molar-refractivity contribution is -0.137. The highest BCUT2D eigenvalue weighted by molar-refractivity contribution is 6.35. The van der Waals surface area contributed by atoms with Crippen molar-refractivity contribution in [3.63, 3.8) is 0 Å². The topological polar surface area (TPSA) is 75.4 Å². The van der Waals surface area contributed by atoms with Gasteiger partial charge in [-0.3, -0.25) is 14.2 Å². The minimum Gasteiger partial charge on any atom is -0.481 e. The van der Waals surface area contributed by atoms with Crippen molar-refractivity contribution in [3.05, 3.63) is 68.7 Å². The van der Waals surface area contributed by atoms with Crippen LogP contribution >= 0.6 is 11.6 Å². The van der Waals surface area contributed by atoms with Crippen molar-refractivity contribution in [2.45, 2.75) is 69.1 Å². The standard InChI is InChI=1S/C29H32ClN3O3/c30-22-6-4-7-23-26(22)27(36)31-28-29(13-2-1-3-14-29)21-10-9-20(18-24(21)33(23)28)19-11-16-32(17-12-19)15-5-8-25(34)35/h4,6-7,9-10,18-19H,1-3,5,8,11-17H2,(H,34,35). The Morgan fingerprint density at radius 2 is 1.89 bits per heavy atom. The van der Waals surface area contributed by atoms with E-state index in [1.54, 1.807) is 6.07 Å². The summed E-state index contributed by atoms with van der Waals surface area (Å²) in [5.41, 5.74) is 4.23. The van der Waals surface area contributed by atoms with E-state index < -0.39 is 5.97 Å². The van der Waals surface area contributed by atoms with Gasteiger partial charge in [0.25, 0.3) is 5.56 Å². The van der Waals surface area contributed by atoms with Crippen LogP contribution in [0.25, 0.3) is 16.6 Å². The van der Waals surface area contributed by atoms with Gasteiger partial charge in [0.1, 0.15) is 5.82 Å². The lowest BCUT2D eigenvalue weighted by Gasteiger charge is -2.34. The molecule has 1 saturated carbocycles. The highest BCUT2D eigenvalue weighted by atomic mass is 35.5. The zero-order valence-electron chi connectivity index (χ0n) is 20.5. The summed E-state index contributed by atoms with van der Waals surface area (Å²) in [7, 11) is 0. The molecule has 2 fully saturated rings. The molecule has 2 aromatic carbocycles. The number of benzene rings is 2. The lowest BCUT2D eigenvalue weighted by Crippen LogP contribution is -2.34. The van der Waals surface area contributed by atoms with E-state index in [0.717, 1.165) is 75.2 Å². The molecular weight excluding hydrogens is 474 g/mol. The number of carboxylic acids is 1. The predicted molar refractivity (Wildman–Crippen MR) is 141 cm³/mol. The second-order valence-corrected chi connectivity index (χ2v) is 11.1. The third-order valence-electron chi connectivity index (χ3n) is 8.70. The molecule has 0 atom stereocenters. The Bertz CT molecular complexity index is 1380. The molecule has 0 amide bonds. The Morgan fingerprint density at radius 1 is 1.11 bits per heavy atom. The fourth-order valence-corrected chi connectivity index (χ4v) is 7.15. The zero-order valence-corrected chi connectivity index (χ0v) is 21.3. The highest BCUT2D eigenvalue weighted by Crippen LogP contribution is 2.52. The van der Waals surface area contributed by atoms with Crippen molar-refractivity contribution >= 4 is 28.5 Å². The Morgan fingerprint density at radius 3 is 2.64 bits per heavy atom. The number of hydrogen-bond acceptors (Lipinski definition) is 4. The van der Waals surface area contributed by atoms with Gasteiger partial charge in [-0.05, 0) is 87.0 Å². The molecule has 0 unspecified atom stereocenters. The van der Waals surface area contributed by atoms with E-state index in [1.807, 2.05) is 12.1 Å². The summed E-state index contributed by atoms with van der Waals surface area (Å²) >= 11 is 6.50. The Balaban J connectivity index is 1.38. The lowest BCUT2D eigenvalue weighted by atomic mass is 9.69. The number of hydrogen-bond donors (Lipinski definition) is 1. The van der Waals surface area contributed by atoms with E-state index in [-0.39, 0.29) is 17.4 Å². The quantitative estimate of drug-likeness (QED) is 0.485. The van der Waals surface area contributed by atoms with Crippen LogP contribution in [0.15, 0.2) is 41.2 Å². The van der Waals surface area contributed by atoms with E-state index in [9.17, 15) is 9.59 Å². The SMILES string of the molecule is O=C(O)CCCN1CCC(c2ccc3c(c2)-n2c(nc(=O)c4c(Cl)cccc42)C32CCCCC2)CC1. The van der Waals surface area contributed by atoms with Crippen molar-refractivity contribution in [1.29, 1.82) is 0 Å². The maximum Gasteiger partial charge on any atom is 0.303 e. The molecule has 1 spiro atoms. The molecule has 1 N–H and O–H groups in total. The number of fused-ring (bicyclic) bond motifs is 7. The van der Waals surface area contributed by atoms with Gasteiger partial charge in [0, 0.05) is 6.42 Å². The van der Waals surface area contributed by atoms with Crippen molar-refractivity contribution in [2.24, 2.45) is 0 Å². The van der Waals surface area contributed by atoms with Crippen LogP contribution in [0.5, 0.6) is 0 Å². The van der Waals surface area contributed by atoms with E-state index in [4.69, 9.17) is 21.7 Å². The van der Waals surface area contributed by atoms with Crippen molar-refractivity contribution in [1.82, 2.24) is 14.5 Å². The molecule has 6 nitrogen and oxygen atoms in total. The molecule has 0 bridgehead atoms. The normalized spacial score (nSPS) is 19.5. The first-order valence-electron chi connectivity index (χ1n) is 13.3. The molecule has 3 aromatic rings. The Hall–Kier alpha value is -2.70. The molecule has 6 rings (SSSR count). The summed E-state index contributed by atoms with van der Waals surface area (Å²) in [6, 6.07) is 12.7. The van der Waals surface area contributed by atoms with Crippen LogP contribution in [0.2, 0.25) is 5.02 Å². The molecule has 1 aromatic heterocycles. The number of piperidine rings is 1. The van der Waals surface area contributed by atoms with Crippen LogP contribution in [0.3, 0.4) is 0 Å². The summed E-state index contributed by atoms with van der Waals surface area (Å²) in [4.78, 5) is 31.1. The van der Waals surface area contributed by atoms with Crippen LogP contribution in [-0.4, -0.2) is 45.2 Å². The number of carboxylic acid groups (broad SMARTS) is 1. The summed E-state index contributed by atoms with van der Waals surface area (Å²) in [5, 5.41) is 9.88. The summed E-state index contributed by atoms with van der Waals surface area (Å²) < 4.78 is 2.23. The second kappa shape index (κ2) is 9.31. The van der Waals surface area contributed by atoms with E-state index in [0.29, 0.717) is 22.7 Å². The largest absolute Gasteiger partial charge is 0.481 e. The number of aliphatic carboxylic acids is 1. The van der Waals surface area contributed by atoms with Crippen LogP contribution < -0.4 is 5.56 Å². The first-order chi connectivity index (χ1) is 17.5. The van der Waals surface area contributed by atoms with Gasteiger partial charge in [-0.25, -0.2) is 0 Å². The predicted octanol–water partition coefficient (Wildman–Crippen LogP) is 5.65. The van der Waals surface area contributed by atoms with E-state index in [1.165, 1.54) is 17.5 Å². The number of halogens is 1. The molecule has 3 heterocycles. The number of carbonyl (C=O) groups is 1. The average molecular weight is 506 g/mol. The third-order valence-corrected chi connectivity index (χ3v) is 9.02. The fourth-order valence-electron chi connectivity index (χ4n) is 6.90. The van der Waals surface area contributed by atoms with Gasteiger partial charge in [0.05, 0.1) is 27.0 Å². The first-order valence-corrected chi connectivity index (χ1v) is 13.7. The molecule has 2 aliphatic heterocycles. The molecule has 1 saturated heterocycles. The Kier molecular flexibility index (Phi) is 6.12. The van der Waals surface area contributed by atoms with Gasteiger partial charge >= 0.3 is 5.97 Å². The maximum atomic E-state index is 13.1. The minimum absolute atomic E-state index is 0.199. The highest BCUT2D eigenvalue weighted by Gasteiger charge is 2.46. The maximum absolute atomic E-state index is 13.1. The summed E-state index contributed by atoms with van der Waals surface area (Å²) in [6.45, 7) is 2.84. The minimum atomic E-state index is -0.719. The molecule has 3 aliphatic rings. The smallest absolute Gasteiger partial charge is 0.303 e. The molecule has 0 radical (unpaired) electrons. The third kappa shape index (κ3) is 3.86. The van der Waals surface area contributed by atoms with Crippen LogP contribution in [0.4, 0.5) is 0 Å². The zero-order chi connectivity index (χ0) is 24.9. The van der Waals surface area contributed by atoms with Gasteiger partial charge in [-0.15, -0.1) is 0 Å². The number of aromatic nitrogens is 2. The molecule has 1 aliphatic carbocycles. The van der Waals surface area contributed by atoms with Gasteiger partial charge in [-0.2, -0.15) is 4.98 Å². The molecule has 188 valence electrons. The van der Waals surface area contributed by atoms with Gasteiger partial charge in [0.2, 0.25) is 0 Å². The number of nitrogens with zero attached hydrogens (tertiary/aromatic N) is 3. The summed E-state index contributed by atoms with van der Waals surface area (Å²) in [5.74, 6) is 0.644. The van der Waals surface area contributed by atoms with Crippen molar-refractivity contribution in [3.8, 4) is 5.69 Å². The molecule has 7 heteroatoms. The van der Waals surface area contributed by atoms with Crippen LogP contribution in [0, 0.1) is 0 Å².